The van der Waals surface area contributed by atoms with Crippen LogP contribution >= 0.6 is 23.2 Å². The smallest absolute Gasteiger partial charge is 0.303 e. The second kappa shape index (κ2) is 7.42. The molecule has 142 valence electrons. The van der Waals surface area contributed by atoms with Gasteiger partial charge in [-0.3, -0.25) is 4.79 Å². The van der Waals surface area contributed by atoms with Gasteiger partial charge in [-0.2, -0.15) is 0 Å². The molecule has 0 amide bonds. The molecule has 0 saturated carbocycles. The SMILES string of the molecule is COc1ccc2c(c1)c(CCC(=O)O)cn2S(=O)(=O)c1ccc(Cl)c(Cl)c1. The number of nitrogens with zero attached hydrogens (tertiary/aromatic N) is 1. The summed E-state index contributed by atoms with van der Waals surface area (Å²) in [6, 6.07) is 9.02. The van der Waals surface area contributed by atoms with Crippen LogP contribution in [0.5, 0.6) is 5.75 Å². The maximum atomic E-state index is 13.1. The fraction of sp³-hybridized carbons (Fsp3) is 0.167. The first-order chi connectivity index (χ1) is 12.7. The van der Waals surface area contributed by atoms with Crippen molar-refractivity contribution in [3.63, 3.8) is 0 Å². The first-order valence-corrected chi connectivity index (χ1v) is 10.0. The van der Waals surface area contributed by atoms with Crippen LogP contribution in [0.25, 0.3) is 10.9 Å². The highest BCUT2D eigenvalue weighted by Gasteiger charge is 2.22. The number of benzene rings is 2. The highest BCUT2D eigenvalue weighted by molar-refractivity contribution is 7.90. The van der Waals surface area contributed by atoms with Crippen LogP contribution in [0.3, 0.4) is 0 Å². The Labute approximate surface area is 165 Å². The Morgan fingerprint density at radius 3 is 2.52 bits per heavy atom. The summed E-state index contributed by atoms with van der Waals surface area (Å²) < 4.78 is 32.6. The second-order valence-corrected chi connectivity index (χ2v) is 8.44. The number of hydrogen-bond acceptors (Lipinski definition) is 4. The summed E-state index contributed by atoms with van der Waals surface area (Å²) in [6.45, 7) is 0. The van der Waals surface area contributed by atoms with Gasteiger partial charge in [-0.15, -0.1) is 0 Å². The number of aromatic nitrogens is 1. The highest BCUT2D eigenvalue weighted by Crippen LogP contribution is 2.31. The monoisotopic (exact) mass is 427 g/mol. The minimum Gasteiger partial charge on any atom is -0.497 e. The third-order valence-corrected chi connectivity index (χ3v) is 6.52. The topological polar surface area (TPSA) is 85.6 Å². The van der Waals surface area contributed by atoms with Crippen molar-refractivity contribution in [3.8, 4) is 5.75 Å². The summed E-state index contributed by atoms with van der Waals surface area (Å²) in [5.41, 5.74) is 1.01. The van der Waals surface area contributed by atoms with Crippen LogP contribution < -0.4 is 4.74 Å². The maximum Gasteiger partial charge on any atom is 0.303 e. The summed E-state index contributed by atoms with van der Waals surface area (Å²) in [4.78, 5) is 10.9. The normalized spacial score (nSPS) is 11.7. The van der Waals surface area contributed by atoms with Crippen LogP contribution in [0.1, 0.15) is 12.0 Å². The molecule has 2 aromatic carbocycles. The molecule has 0 atom stereocenters. The van der Waals surface area contributed by atoms with Crippen LogP contribution in [0.2, 0.25) is 10.0 Å². The molecule has 1 aromatic heterocycles. The molecule has 0 saturated heterocycles. The molecule has 1 N–H and O–H groups in total. The summed E-state index contributed by atoms with van der Waals surface area (Å²) in [6.07, 6.45) is 1.50. The van der Waals surface area contributed by atoms with Crippen LogP contribution in [0, 0.1) is 0 Å². The number of aliphatic carboxylic acids is 1. The fourth-order valence-corrected chi connectivity index (χ4v) is 4.54. The van der Waals surface area contributed by atoms with Gasteiger partial charge in [0.2, 0.25) is 0 Å². The van der Waals surface area contributed by atoms with Gasteiger partial charge in [0.25, 0.3) is 10.0 Å². The lowest BCUT2D eigenvalue weighted by molar-refractivity contribution is -0.136. The van der Waals surface area contributed by atoms with Crippen LogP contribution in [0.4, 0.5) is 0 Å². The minimum absolute atomic E-state index is 0.0191. The van der Waals surface area contributed by atoms with E-state index < -0.39 is 16.0 Å². The van der Waals surface area contributed by atoms with Crippen molar-refractivity contribution in [1.29, 1.82) is 0 Å². The fourth-order valence-electron chi connectivity index (χ4n) is 2.76. The zero-order valence-corrected chi connectivity index (χ0v) is 16.5. The zero-order valence-electron chi connectivity index (χ0n) is 14.1. The largest absolute Gasteiger partial charge is 0.497 e. The minimum atomic E-state index is -3.96. The molecule has 0 unspecified atom stereocenters. The summed E-state index contributed by atoms with van der Waals surface area (Å²) in [7, 11) is -2.46. The van der Waals surface area contributed by atoms with Gasteiger partial charge in [0.1, 0.15) is 5.75 Å². The molecule has 6 nitrogen and oxygen atoms in total. The van der Waals surface area contributed by atoms with Crippen LogP contribution in [0.15, 0.2) is 47.5 Å². The van der Waals surface area contributed by atoms with E-state index in [4.69, 9.17) is 33.0 Å². The molecule has 0 bridgehead atoms. The molecule has 3 aromatic rings. The summed E-state index contributed by atoms with van der Waals surface area (Å²) >= 11 is 11.8. The number of aryl methyl sites for hydroxylation is 1. The molecule has 1 heterocycles. The molecular weight excluding hydrogens is 413 g/mol. The lowest BCUT2D eigenvalue weighted by Gasteiger charge is -2.09. The zero-order chi connectivity index (χ0) is 19.8. The molecule has 0 radical (unpaired) electrons. The predicted molar refractivity (Wildman–Crippen MR) is 103 cm³/mol. The summed E-state index contributed by atoms with van der Waals surface area (Å²) in [5, 5.41) is 9.96. The predicted octanol–water partition coefficient (Wildman–Crippen LogP) is 4.21. The molecule has 0 fully saturated rings. The number of rotatable bonds is 6. The van der Waals surface area contributed by atoms with Gasteiger partial charge in [-0.1, -0.05) is 23.2 Å². The van der Waals surface area contributed by atoms with E-state index >= 15 is 0 Å². The lowest BCUT2D eigenvalue weighted by atomic mass is 10.1. The van der Waals surface area contributed by atoms with Gasteiger partial charge < -0.3 is 9.84 Å². The van der Waals surface area contributed by atoms with E-state index in [-0.39, 0.29) is 27.8 Å². The Kier molecular flexibility index (Phi) is 5.37. The van der Waals surface area contributed by atoms with Gasteiger partial charge in [-0.05, 0) is 48.4 Å². The van der Waals surface area contributed by atoms with Gasteiger partial charge in [-0.25, -0.2) is 12.4 Å². The standard InChI is InChI=1S/C18H15Cl2NO5S/c1-26-12-3-6-17-14(8-12)11(2-7-18(22)23)10-21(17)27(24,25)13-4-5-15(19)16(20)9-13/h3-6,8-10H,2,7H2,1H3,(H,22,23). The third kappa shape index (κ3) is 3.76. The average molecular weight is 428 g/mol. The number of fused-ring (bicyclic) bond motifs is 1. The van der Waals surface area contributed by atoms with Gasteiger partial charge >= 0.3 is 5.97 Å². The first kappa shape index (κ1) is 19.5. The Hall–Kier alpha value is -2.22. The highest BCUT2D eigenvalue weighted by atomic mass is 35.5. The Bertz CT molecular complexity index is 1140. The van der Waals surface area contributed by atoms with E-state index in [2.05, 4.69) is 0 Å². The van der Waals surface area contributed by atoms with E-state index in [9.17, 15) is 13.2 Å². The molecule has 0 aliphatic rings. The Balaban J connectivity index is 2.20. The van der Waals surface area contributed by atoms with Crippen LogP contribution in [-0.4, -0.2) is 30.6 Å². The van der Waals surface area contributed by atoms with Gasteiger partial charge in [0.05, 0.1) is 27.6 Å². The average Bonchev–Trinajstić information content (AvgIpc) is 3.00. The quantitative estimate of drug-likeness (QED) is 0.636. The number of methoxy groups -OCH3 is 1. The number of hydrogen-bond donors (Lipinski definition) is 1. The third-order valence-electron chi connectivity index (χ3n) is 4.12. The number of ether oxygens (including phenoxy) is 1. The number of carboxylic acids is 1. The molecule has 0 aliphatic carbocycles. The molecule has 0 aliphatic heterocycles. The Morgan fingerprint density at radius 1 is 1.15 bits per heavy atom. The molecule has 3 rings (SSSR count). The van der Waals surface area contributed by atoms with E-state index in [1.54, 1.807) is 18.2 Å². The number of carbonyl (C=O) groups is 1. The van der Waals surface area contributed by atoms with Crippen molar-refractivity contribution < 1.29 is 23.1 Å². The van der Waals surface area contributed by atoms with Crippen molar-refractivity contribution in [3.05, 3.63) is 58.2 Å². The number of halogens is 2. The number of carboxylic acid groups (broad SMARTS) is 1. The summed E-state index contributed by atoms with van der Waals surface area (Å²) in [5.74, 6) is -0.421. The van der Waals surface area contributed by atoms with E-state index in [0.717, 1.165) is 3.97 Å². The van der Waals surface area contributed by atoms with Gasteiger partial charge in [0.15, 0.2) is 0 Å². The van der Waals surface area contributed by atoms with Crippen molar-refractivity contribution in [1.82, 2.24) is 3.97 Å². The van der Waals surface area contributed by atoms with Gasteiger partial charge in [0, 0.05) is 18.0 Å². The molecule has 9 heteroatoms. The van der Waals surface area contributed by atoms with Crippen molar-refractivity contribution in [2.45, 2.75) is 17.7 Å². The van der Waals surface area contributed by atoms with Crippen molar-refractivity contribution >= 4 is 50.1 Å². The van der Waals surface area contributed by atoms with E-state index in [0.29, 0.717) is 22.2 Å². The Morgan fingerprint density at radius 2 is 1.89 bits per heavy atom. The van der Waals surface area contributed by atoms with E-state index in [1.807, 2.05) is 0 Å². The second-order valence-electron chi connectivity index (χ2n) is 5.81. The first-order valence-electron chi connectivity index (χ1n) is 7.84. The van der Waals surface area contributed by atoms with E-state index in [1.165, 1.54) is 31.5 Å². The lowest BCUT2D eigenvalue weighted by Crippen LogP contribution is -2.12. The molecular formula is C18H15Cl2NO5S. The maximum absolute atomic E-state index is 13.1. The van der Waals surface area contributed by atoms with Crippen molar-refractivity contribution in [2.24, 2.45) is 0 Å². The molecule has 27 heavy (non-hydrogen) atoms. The van der Waals surface area contributed by atoms with Crippen molar-refractivity contribution in [2.75, 3.05) is 7.11 Å². The van der Waals surface area contributed by atoms with Crippen LogP contribution in [-0.2, 0) is 21.2 Å². The molecule has 0 spiro atoms.